The second-order valence-corrected chi connectivity index (χ2v) is 7.23. The van der Waals surface area contributed by atoms with Crippen LogP contribution in [-0.4, -0.2) is 60.4 Å². The van der Waals surface area contributed by atoms with Crippen molar-refractivity contribution in [2.24, 2.45) is 0 Å². The molecule has 0 fully saturated rings. The molecule has 2 rings (SSSR count). The number of nitrogens with one attached hydrogen (secondary N) is 2. The van der Waals surface area contributed by atoms with Crippen LogP contribution < -0.4 is 10.1 Å². The monoisotopic (exact) mass is 429 g/mol. The van der Waals surface area contributed by atoms with E-state index in [9.17, 15) is 14.4 Å². The molecule has 2 N–H and O–H groups in total. The van der Waals surface area contributed by atoms with Crippen molar-refractivity contribution in [2.45, 2.75) is 40.7 Å². The number of methoxy groups -OCH3 is 1. The zero-order valence-electron chi connectivity index (χ0n) is 19.0. The summed E-state index contributed by atoms with van der Waals surface area (Å²) >= 11 is 0. The number of carbonyl (C=O) groups is 3. The minimum Gasteiger partial charge on any atom is -0.497 e. The minimum absolute atomic E-state index is 0.0545. The van der Waals surface area contributed by atoms with Crippen LogP contribution in [0.2, 0.25) is 0 Å². The minimum atomic E-state index is -0.557. The van der Waals surface area contributed by atoms with E-state index < -0.39 is 12.0 Å². The van der Waals surface area contributed by atoms with Crippen molar-refractivity contribution in [3.63, 3.8) is 0 Å². The Labute approximate surface area is 182 Å². The van der Waals surface area contributed by atoms with E-state index in [1.165, 1.54) is 0 Å². The molecule has 8 nitrogen and oxygen atoms in total. The van der Waals surface area contributed by atoms with E-state index in [2.05, 4.69) is 10.3 Å². The third-order valence-corrected chi connectivity index (χ3v) is 5.22. The van der Waals surface area contributed by atoms with E-state index in [0.717, 1.165) is 0 Å². The summed E-state index contributed by atoms with van der Waals surface area (Å²) in [5.74, 6) is -0.161. The number of Topliss-reactive ketones (excluding diaryl/α,β-unsaturated/α-hetero) is 1. The van der Waals surface area contributed by atoms with E-state index >= 15 is 0 Å². The van der Waals surface area contributed by atoms with Crippen LogP contribution in [0.3, 0.4) is 0 Å². The van der Waals surface area contributed by atoms with Gasteiger partial charge < -0.3 is 19.8 Å². The van der Waals surface area contributed by atoms with Gasteiger partial charge in [-0.3, -0.25) is 14.5 Å². The average molecular weight is 430 g/mol. The third kappa shape index (κ3) is 5.73. The van der Waals surface area contributed by atoms with Crippen molar-refractivity contribution >= 4 is 23.3 Å². The molecule has 1 atom stereocenters. The number of hydrogen-bond donors (Lipinski definition) is 2. The van der Waals surface area contributed by atoms with Gasteiger partial charge >= 0.3 is 5.97 Å². The SMILES string of the molecule is CCOC(=O)c1c(C)[nH]c(C(=O)C(C)N(CC)CC(=O)Nc2ccc(OC)cc2)c1C. The summed E-state index contributed by atoms with van der Waals surface area (Å²) < 4.78 is 10.2. The van der Waals surface area contributed by atoms with Crippen LogP contribution in [0.15, 0.2) is 24.3 Å². The Kier molecular flexibility index (Phi) is 8.38. The zero-order chi connectivity index (χ0) is 23.1. The number of aromatic nitrogens is 1. The number of hydrogen-bond acceptors (Lipinski definition) is 6. The Morgan fingerprint density at radius 3 is 2.32 bits per heavy atom. The van der Waals surface area contributed by atoms with Crippen molar-refractivity contribution in [3.05, 3.63) is 46.8 Å². The van der Waals surface area contributed by atoms with Gasteiger partial charge in [-0.25, -0.2) is 4.79 Å². The predicted octanol–water partition coefficient (Wildman–Crippen LogP) is 3.35. The average Bonchev–Trinajstić information content (AvgIpc) is 3.05. The summed E-state index contributed by atoms with van der Waals surface area (Å²) in [7, 11) is 1.58. The van der Waals surface area contributed by atoms with Gasteiger partial charge in [0.25, 0.3) is 0 Å². The molecule has 8 heteroatoms. The molecule has 0 saturated heterocycles. The van der Waals surface area contributed by atoms with E-state index in [1.54, 1.807) is 64.0 Å². The molecule has 0 radical (unpaired) electrons. The van der Waals surface area contributed by atoms with Crippen LogP contribution in [-0.2, 0) is 9.53 Å². The molecule has 31 heavy (non-hydrogen) atoms. The lowest BCUT2D eigenvalue weighted by molar-refractivity contribution is -0.117. The van der Waals surface area contributed by atoms with E-state index in [4.69, 9.17) is 9.47 Å². The molecule has 0 spiro atoms. The van der Waals surface area contributed by atoms with Crippen LogP contribution in [0.25, 0.3) is 0 Å². The number of nitrogens with zero attached hydrogens (tertiary/aromatic N) is 1. The highest BCUT2D eigenvalue weighted by atomic mass is 16.5. The first-order chi connectivity index (χ1) is 14.7. The van der Waals surface area contributed by atoms with Crippen LogP contribution in [0.5, 0.6) is 5.75 Å². The predicted molar refractivity (Wildman–Crippen MR) is 119 cm³/mol. The first-order valence-electron chi connectivity index (χ1n) is 10.3. The zero-order valence-corrected chi connectivity index (χ0v) is 19.0. The van der Waals surface area contributed by atoms with Gasteiger partial charge in [0.1, 0.15) is 5.75 Å². The van der Waals surface area contributed by atoms with Gasteiger partial charge in [-0.1, -0.05) is 6.92 Å². The highest BCUT2D eigenvalue weighted by Crippen LogP contribution is 2.22. The van der Waals surface area contributed by atoms with Gasteiger partial charge in [-0.2, -0.15) is 0 Å². The fourth-order valence-electron chi connectivity index (χ4n) is 3.46. The molecule has 1 amide bonds. The van der Waals surface area contributed by atoms with Gasteiger partial charge in [0.15, 0.2) is 5.78 Å². The van der Waals surface area contributed by atoms with Gasteiger partial charge in [-0.15, -0.1) is 0 Å². The lowest BCUT2D eigenvalue weighted by Crippen LogP contribution is -2.43. The second-order valence-electron chi connectivity index (χ2n) is 7.23. The maximum absolute atomic E-state index is 13.2. The van der Waals surface area contributed by atoms with Gasteiger partial charge in [0, 0.05) is 11.4 Å². The molecule has 1 aromatic heterocycles. The fourth-order valence-corrected chi connectivity index (χ4v) is 3.46. The maximum Gasteiger partial charge on any atom is 0.340 e. The summed E-state index contributed by atoms with van der Waals surface area (Å²) in [4.78, 5) is 42.7. The lowest BCUT2D eigenvalue weighted by Gasteiger charge is -2.26. The summed E-state index contributed by atoms with van der Waals surface area (Å²) in [5.41, 5.74) is 2.55. The summed E-state index contributed by atoms with van der Waals surface area (Å²) in [5, 5.41) is 2.83. The van der Waals surface area contributed by atoms with Gasteiger partial charge in [-0.05, 0) is 64.1 Å². The number of anilines is 1. The normalized spacial score (nSPS) is 11.8. The number of esters is 1. The third-order valence-electron chi connectivity index (χ3n) is 5.22. The molecule has 0 aliphatic heterocycles. The van der Waals surface area contributed by atoms with Crippen molar-refractivity contribution in [1.29, 1.82) is 0 Å². The first-order valence-corrected chi connectivity index (χ1v) is 10.3. The topological polar surface area (TPSA) is 101 Å². The molecule has 0 aliphatic rings. The Balaban J connectivity index is 2.11. The molecule has 1 aromatic carbocycles. The number of ether oxygens (including phenoxy) is 2. The Morgan fingerprint density at radius 2 is 1.77 bits per heavy atom. The molecule has 1 heterocycles. The molecule has 0 saturated carbocycles. The highest BCUT2D eigenvalue weighted by Gasteiger charge is 2.29. The molecule has 168 valence electrons. The van der Waals surface area contributed by atoms with Crippen molar-refractivity contribution in [1.82, 2.24) is 9.88 Å². The van der Waals surface area contributed by atoms with Gasteiger partial charge in [0.2, 0.25) is 5.91 Å². The quantitative estimate of drug-likeness (QED) is 0.444. The van der Waals surface area contributed by atoms with Crippen LogP contribution >= 0.6 is 0 Å². The molecule has 2 aromatic rings. The smallest absolute Gasteiger partial charge is 0.340 e. The number of aromatic amines is 1. The second kappa shape index (κ2) is 10.8. The Bertz CT molecular complexity index is 933. The number of likely N-dealkylation sites (N-methyl/N-ethyl adjacent to an activating group) is 1. The maximum atomic E-state index is 13.2. The molecular formula is C23H31N3O5. The van der Waals surface area contributed by atoms with E-state index in [-0.39, 0.29) is 24.8 Å². The van der Waals surface area contributed by atoms with Crippen LogP contribution in [0, 0.1) is 13.8 Å². The number of rotatable bonds is 10. The highest BCUT2D eigenvalue weighted by molar-refractivity contribution is 6.04. The van der Waals surface area contributed by atoms with Crippen LogP contribution in [0.1, 0.15) is 52.9 Å². The summed E-state index contributed by atoms with van der Waals surface area (Å²) in [6, 6.07) is 6.47. The molecule has 0 bridgehead atoms. The Morgan fingerprint density at radius 1 is 1.13 bits per heavy atom. The first kappa shape index (κ1) is 24.1. The van der Waals surface area contributed by atoms with Crippen molar-refractivity contribution < 1.29 is 23.9 Å². The fraction of sp³-hybridized carbons (Fsp3) is 0.435. The van der Waals surface area contributed by atoms with Crippen LogP contribution in [0.4, 0.5) is 5.69 Å². The molecule has 0 aliphatic carbocycles. The number of amides is 1. The number of H-pyrrole nitrogens is 1. The van der Waals surface area contributed by atoms with Crippen molar-refractivity contribution in [3.8, 4) is 5.75 Å². The van der Waals surface area contributed by atoms with Gasteiger partial charge in [0.05, 0.1) is 37.6 Å². The summed E-state index contributed by atoms with van der Waals surface area (Å²) in [6.45, 7) is 9.66. The lowest BCUT2D eigenvalue weighted by atomic mass is 10.0. The Hall–Kier alpha value is -3.13. The number of aryl methyl sites for hydroxylation is 1. The standard InChI is InChI=1S/C23H31N3O5/c1-7-26(13-19(27)25-17-9-11-18(30-6)12-10-17)16(5)22(28)21-14(3)20(15(4)24-21)23(29)31-8-2/h9-12,16,24H,7-8,13H2,1-6H3,(H,25,27). The number of benzene rings is 1. The van der Waals surface area contributed by atoms with Crippen molar-refractivity contribution in [2.75, 3.05) is 32.1 Å². The summed E-state index contributed by atoms with van der Waals surface area (Å²) in [6.07, 6.45) is 0. The number of ketones is 1. The molecule has 1 unspecified atom stereocenters. The largest absolute Gasteiger partial charge is 0.497 e. The van der Waals surface area contributed by atoms with E-state index in [0.29, 0.717) is 40.5 Å². The number of carbonyl (C=O) groups excluding carboxylic acids is 3. The van der Waals surface area contributed by atoms with E-state index in [1.807, 2.05) is 6.92 Å². The molecular weight excluding hydrogens is 398 g/mol.